The van der Waals surface area contributed by atoms with Crippen LogP contribution in [0.25, 0.3) is 11.0 Å². The van der Waals surface area contributed by atoms with E-state index >= 15 is 0 Å². The molecule has 0 saturated heterocycles. The average Bonchev–Trinajstić information content (AvgIpc) is 2.96. The van der Waals surface area contributed by atoms with Crippen molar-refractivity contribution >= 4 is 28.5 Å². The van der Waals surface area contributed by atoms with E-state index in [0.717, 1.165) is 0 Å². The second-order valence-electron chi connectivity index (χ2n) is 5.73. The van der Waals surface area contributed by atoms with Gasteiger partial charge in [-0.25, -0.2) is 4.98 Å². The summed E-state index contributed by atoms with van der Waals surface area (Å²) in [6.45, 7) is 0.176. The number of amides is 1. The number of ether oxygens (including phenoxy) is 1. The molecule has 1 aromatic carbocycles. The van der Waals surface area contributed by atoms with Gasteiger partial charge in [-0.3, -0.25) is 4.79 Å². The highest BCUT2D eigenvalue weighted by Crippen LogP contribution is 2.30. The van der Waals surface area contributed by atoms with Crippen molar-refractivity contribution in [2.75, 3.05) is 6.61 Å². The number of nitrogens with one attached hydrogen (secondary N) is 1. The predicted octanol–water partition coefficient (Wildman–Crippen LogP) is 4.66. The Morgan fingerprint density at radius 1 is 1.30 bits per heavy atom. The zero-order valence-electron chi connectivity index (χ0n) is 14.1. The first-order valence-electron chi connectivity index (χ1n) is 7.85. The molecule has 0 saturated carbocycles. The lowest BCUT2D eigenvalue weighted by Crippen LogP contribution is -2.24. The summed E-state index contributed by atoms with van der Waals surface area (Å²) in [6, 6.07) is 8.22. The molecule has 27 heavy (non-hydrogen) atoms. The minimum atomic E-state index is -4.48. The molecule has 3 rings (SSSR count). The molecule has 2 heterocycles. The van der Waals surface area contributed by atoms with Crippen molar-refractivity contribution in [2.45, 2.75) is 19.6 Å². The smallest absolute Gasteiger partial charge is 0.422 e. The molecule has 5 nitrogen and oxygen atoms in total. The third-order valence-corrected chi connectivity index (χ3v) is 4.08. The molecular weight excluding hydrogens is 385 g/mol. The number of pyridine rings is 1. The number of para-hydroxylation sites is 1. The van der Waals surface area contributed by atoms with Gasteiger partial charge in [-0.2, -0.15) is 13.2 Å². The van der Waals surface area contributed by atoms with Crippen LogP contribution in [0.1, 0.15) is 21.7 Å². The number of aryl methyl sites for hydroxylation is 1. The maximum absolute atomic E-state index is 12.5. The lowest BCUT2D eigenvalue weighted by Gasteiger charge is -2.12. The van der Waals surface area contributed by atoms with Crippen LogP contribution in [0.3, 0.4) is 0 Å². The zero-order chi connectivity index (χ0) is 19.6. The van der Waals surface area contributed by atoms with Gasteiger partial charge in [-0.1, -0.05) is 29.8 Å². The van der Waals surface area contributed by atoms with Crippen LogP contribution in [0, 0.1) is 6.92 Å². The van der Waals surface area contributed by atoms with Gasteiger partial charge in [0.05, 0.1) is 5.02 Å². The Hall–Kier alpha value is -2.74. The van der Waals surface area contributed by atoms with Gasteiger partial charge in [0.25, 0.3) is 5.91 Å². The van der Waals surface area contributed by atoms with Gasteiger partial charge in [-0.15, -0.1) is 0 Å². The Morgan fingerprint density at radius 2 is 2.07 bits per heavy atom. The number of hydrogen-bond acceptors (Lipinski definition) is 4. The normalized spacial score (nSPS) is 11.6. The molecule has 0 bridgehead atoms. The summed E-state index contributed by atoms with van der Waals surface area (Å²) in [6.07, 6.45) is -3.18. The fourth-order valence-corrected chi connectivity index (χ4v) is 2.73. The lowest BCUT2D eigenvalue weighted by atomic mass is 10.1. The number of hydrogen-bond donors (Lipinski definition) is 1. The summed E-state index contributed by atoms with van der Waals surface area (Å²) in [7, 11) is 0. The monoisotopic (exact) mass is 398 g/mol. The highest BCUT2D eigenvalue weighted by Gasteiger charge is 2.29. The molecule has 0 aliphatic rings. The van der Waals surface area contributed by atoms with Gasteiger partial charge in [0.15, 0.2) is 18.0 Å². The van der Waals surface area contributed by atoms with E-state index in [1.165, 1.54) is 18.3 Å². The third kappa shape index (κ3) is 4.33. The van der Waals surface area contributed by atoms with E-state index in [4.69, 9.17) is 20.8 Å². The van der Waals surface area contributed by atoms with Gasteiger partial charge in [0.2, 0.25) is 5.88 Å². The van der Waals surface area contributed by atoms with Crippen LogP contribution in [0.4, 0.5) is 13.2 Å². The van der Waals surface area contributed by atoms with Gasteiger partial charge >= 0.3 is 6.18 Å². The summed E-state index contributed by atoms with van der Waals surface area (Å²) < 4.78 is 47.3. The van der Waals surface area contributed by atoms with Crippen LogP contribution >= 0.6 is 11.6 Å². The molecule has 0 atom stereocenters. The quantitative estimate of drug-likeness (QED) is 0.679. The molecule has 0 aliphatic carbocycles. The Morgan fingerprint density at radius 3 is 2.78 bits per heavy atom. The van der Waals surface area contributed by atoms with E-state index in [0.29, 0.717) is 27.1 Å². The number of carbonyl (C=O) groups is 1. The maximum Gasteiger partial charge on any atom is 0.422 e. The standard InChI is InChI=1S/C18H14ClF3N2O3/c1-10-12-5-2-6-13(19)15(12)27-14(10)16(25)24-8-11-4-3-7-23-17(11)26-9-18(20,21)22/h2-7H,8-9H2,1H3,(H,24,25). The van der Waals surface area contributed by atoms with Gasteiger partial charge < -0.3 is 14.5 Å². The van der Waals surface area contributed by atoms with E-state index in [1.807, 2.05) is 0 Å². The summed E-state index contributed by atoms with van der Waals surface area (Å²) >= 11 is 6.07. The van der Waals surface area contributed by atoms with Crippen molar-refractivity contribution in [3.8, 4) is 5.88 Å². The number of furan rings is 1. The highest BCUT2D eigenvalue weighted by atomic mass is 35.5. The molecule has 3 aromatic rings. The van der Waals surface area contributed by atoms with Crippen LogP contribution in [-0.4, -0.2) is 23.7 Å². The van der Waals surface area contributed by atoms with E-state index in [-0.39, 0.29) is 18.2 Å². The molecule has 0 spiro atoms. The van der Waals surface area contributed by atoms with Crippen LogP contribution in [-0.2, 0) is 6.54 Å². The zero-order valence-corrected chi connectivity index (χ0v) is 14.8. The van der Waals surface area contributed by atoms with E-state index in [1.54, 1.807) is 25.1 Å². The number of fused-ring (bicyclic) bond motifs is 1. The minimum absolute atomic E-state index is 0.0793. The van der Waals surface area contributed by atoms with E-state index in [2.05, 4.69) is 10.3 Å². The molecule has 0 aliphatic heterocycles. The number of benzene rings is 1. The van der Waals surface area contributed by atoms with Crippen molar-refractivity contribution in [1.29, 1.82) is 0 Å². The topological polar surface area (TPSA) is 64.4 Å². The van der Waals surface area contributed by atoms with Crippen molar-refractivity contribution < 1.29 is 27.1 Å². The number of carbonyl (C=O) groups excluding carboxylic acids is 1. The van der Waals surface area contributed by atoms with E-state index < -0.39 is 18.7 Å². The van der Waals surface area contributed by atoms with E-state index in [9.17, 15) is 18.0 Å². The Bertz CT molecular complexity index is 986. The number of aromatic nitrogens is 1. The highest BCUT2D eigenvalue weighted by molar-refractivity contribution is 6.35. The predicted molar refractivity (Wildman–Crippen MR) is 92.9 cm³/mol. The summed E-state index contributed by atoms with van der Waals surface area (Å²) in [4.78, 5) is 16.2. The van der Waals surface area contributed by atoms with Gasteiger partial charge in [0, 0.05) is 29.3 Å². The Balaban J connectivity index is 1.75. The Kier molecular flexibility index (Phi) is 5.27. The van der Waals surface area contributed by atoms with Crippen LogP contribution in [0.5, 0.6) is 5.88 Å². The molecular formula is C18H14ClF3N2O3. The molecule has 0 unspecified atom stereocenters. The van der Waals surface area contributed by atoms with Crippen molar-refractivity contribution in [3.63, 3.8) is 0 Å². The fraction of sp³-hybridized carbons (Fsp3) is 0.222. The third-order valence-electron chi connectivity index (χ3n) is 3.78. The van der Waals surface area contributed by atoms with Crippen molar-refractivity contribution in [2.24, 2.45) is 0 Å². The molecule has 9 heteroatoms. The molecule has 1 N–H and O–H groups in total. The van der Waals surface area contributed by atoms with Crippen molar-refractivity contribution in [3.05, 3.63) is 58.4 Å². The lowest BCUT2D eigenvalue weighted by molar-refractivity contribution is -0.154. The number of rotatable bonds is 5. The van der Waals surface area contributed by atoms with Gasteiger partial charge in [-0.05, 0) is 19.1 Å². The number of halogens is 4. The first-order valence-corrected chi connectivity index (χ1v) is 8.23. The Labute approximate surface area is 157 Å². The summed E-state index contributed by atoms with van der Waals surface area (Å²) in [5, 5.41) is 3.69. The molecule has 0 radical (unpaired) electrons. The fourth-order valence-electron chi connectivity index (χ4n) is 2.52. The molecule has 142 valence electrons. The number of nitrogens with zero attached hydrogens (tertiary/aromatic N) is 1. The van der Waals surface area contributed by atoms with Crippen LogP contribution in [0.15, 0.2) is 40.9 Å². The van der Waals surface area contributed by atoms with Crippen LogP contribution in [0.2, 0.25) is 5.02 Å². The minimum Gasteiger partial charge on any atom is -0.468 e. The van der Waals surface area contributed by atoms with Crippen molar-refractivity contribution in [1.82, 2.24) is 10.3 Å². The first kappa shape index (κ1) is 19.0. The molecule has 0 fully saturated rings. The maximum atomic E-state index is 12.5. The average molecular weight is 399 g/mol. The second kappa shape index (κ2) is 7.48. The van der Waals surface area contributed by atoms with Crippen LogP contribution < -0.4 is 10.1 Å². The number of alkyl halides is 3. The molecule has 1 amide bonds. The summed E-state index contributed by atoms with van der Waals surface area (Å²) in [5.74, 6) is -0.635. The molecule has 2 aromatic heterocycles. The first-order chi connectivity index (χ1) is 12.8. The SMILES string of the molecule is Cc1c(C(=O)NCc2cccnc2OCC(F)(F)F)oc2c(Cl)cccc12. The summed E-state index contributed by atoms with van der Waals surface area (Å²) in [5.41, 5.74) is 1.32. The van der Waals surface area contributed by atoms with Gasteiger partial charge in [0.1, 0.15) is 0 Å². The second-order valence-corrected chi connectivity index (χ2v) is 6.13. The largest absolute Gasteiger partial charge is 0.468 e.